The maximum atomic E-state index is 12.4. The topological polar surface area (TPSA) is 17.1 Å². The Morgan fingerprint density at radius 3 is 2.82 bits per heavy atom. The molecule has 0 spiro atoms. The summed E-state index contributed by atoms with van der Waals surface area (Å²) in [5, 5.41) is 0. The van der Waals surface area contributed by atoms with E-state index in [1.807, 2.05) is 0 Å². The number of terminal acetylenes is 1. The van der Waals surface area contributed by atoms with Crippen LogP contribution in [0, 0.1) is 18.2 Å². The normalized spacial score (nSPS) is 8.73. The van der Waals surface area contributed by atoms with Gasteiger partial charge < -0.3 is 0 Å². The number of benzene rings is 1. The van der Waals surface area contributed by atoms with Crippen molar-refractivity contribution in [3.63, 3.8) is 0 Å². The van der Waals surface area contributed by atoms with E-state index in [2.05, 4.69) is 5.92 Å². The van der Waals surface area contributed by atoms with Crippen LogP contribution in [-0.4, -0.2) is 6.29 Å². The average molecular weight is 148 g/mol. The van der Waals surface area contributed by atoms with E-state index in [9.17, 15) is 9.18 Å². The summed E-state index contributed by atoms with van der Waals surface area (Å²) in [6.45, 7) is 0. The highest BCUT2D eigenvalue weighted by molar-refractivity contribution is 5.79. The maximum Gasteiger partial charge on any atom is 0.151 e. The van der Waals surface area contributed by atoms with Crippen LogP contribution in [0.1, 0.15) is 15.9 Å². The SMILES string of the molecule is C#Cc1ccc(F)cc1C=O. The minimum absolute atomic E-state index is 0.215. The van der Waals surface area contributed by atoms with Crippen molar-refractivity contribution < 1.29 is 9.18 Å². The van der Waals surface area contributed by atoms with E-state index < -0.39 is 5.82 Å². The Balaban J connectivity index is 3.30. The molecular formula is C9H5FO. The summed E-state index contributed by atoms with van der Waals surface area (Å²) in [5.41, 5.74) is 0.633. The summed E-state index contributed by atoms with van der Waals surface area (Å²) >= 11 is 0. The van der Waals surface area contributed by atoms with Crippen molar-refractivity contribution >= 4 is 6.29 Å². The average Bonchev–Trinajstić information content (AvgIpc) is 2.04. The smallest absolute Gasteiger partial charge is 0.151 e. The van der Waals surface area contributed by atoms with Gasteiger partial charge in [0.1, 0.15) is 5.82 Å². The standard InChI is InChI=1S/C9H5FO/c1-2-7-3-4-9(10)5-8(7)6-11/h1,3-6H. The molecule has 11 heavy (non-hydrogen) atoms. The lowest BCUT2D eigenvalue weighted by Crippen LogP contribution is -1.87. The van der Waals surface area contributed by atoms with Gasteiger partial charge >= 0.3 is 0 Å². The second-order valence-corrected chi connectivity index (χ2v) is 1.99. The van der Waals surface area contributed by atoms with E-state index in [1.54, 1.807) is 0 Å². The fourth-order valence-corrected chi connectivity index (χ4v) is 0.763. The number of hydrogen-bond donors (Lipinski definition) is 0. The van der Waals surface area contributed by atoms with Crippen LogP contribution in [0.2, 0.25) is 0 Å². The van der Waals surface area contributed by atoms with E-state index in [-0.39, 0.29) is 5.56 Å². The molecule has 0 aromatic heterocycles. The molecule has 1 nitrogen and oxygen atoms in total. The Bertz CT molecular complexity index is 323. The second-order valence-electron chi connectivity index (χ2n) is 1.99. The Morgan fingerprint density at radius 2 is 2.27 bits per heavy atom. The Kier molecular flexibility index (Phi) is 2.03. The molecule has 1 aromatic carbocycles. The molecule has 0 saturated heterocycles. The highest BCUT2D eigenvalue weighted by atomic mass is 19.1. The lowest BCUT2D eigenvalue weighted by molar-refractivity contribution is 0.112. The third-order valence-electron chi connectivity index (χ3n) is 1.30. The van der Waals surface area contributed by atoms with Gasteiger partial charge in [-0.2, -0.15) is 0 Å². The van der Waals surface area contributed by atoms with E-state index in [4.69, 9.17) is 6.42 Å². The fraction of sp³-hybridized carbons (Fsp3) is 0. The van der Waals surface area contributed by atoms with E-state index in [1.165, 1.54) is 12.1 Å². The van der Waals surface area contributed by atoms with Crippen LogP contribution in [0.15, 0.2) is 18.2 Å². The molecule has 0 heterocycles. The molecule has 0 radical (unpaired) electrons. The fourth-order valence-electron chi connectivity index (χ4n) is 0.763. The first kappa shape index (κ1) is 7.49. The highest BCUT2D eigenvalue weighted by Gasteiger charge is 1.98. The molecule has 0 aliphatic heterocycles. The summed E-state index contributed by atoms with van der Waals surface area (Å²) in [5.74, 6) is 1.82. The molecule has 2 heteroatoms. The molecule has 0 N–H and O–H groups in total. The number of hydrogen-bond acceptors (Lipinski definition) is 1. The van der Waals surface area contributed by atoms with Crippen molar-refractivity contribution in [1.29, 1.82) is 0 Å². The van der Waals surface area contributed by atoms with Gasteiger partial charge in [0, 0.05) is 11.1 Å². The highest BCUT2D eigenvalue weighted by Crippen LogP contribution is 2.07. The molecule has 0 unspecified atom stereocenters. The predicted octanol–water partition coefficient (Wildman–Crippen LogP) is 1.62. The van der Waals surface area contributed by atoms with Crippen molar-refractivity contribution in [2.75, 3.05) is 0 Å². The van der Waals surface area contributed by atoms with Gasteiger partial charge in [-0.05, 0) is 18.2 Å². The minimum atomic E-state index is -0.453. The summed E-state index contributed by atoms with van der Waals surface area (Å²) in [6.07, 6.45) is 5.58. The largest absolute Gasteiger partial charge is 0.298 e. The van der Waals surface area contributed by atoms with E-state index in [0.29, 0.717) is 11.8 Å². The van der Waals surface area contributed by atoms with Gasteiger partial charge in [0.2, 0.25) is 0 Å². The molecule has 54 valence electrons. The number of aldehydes is 1. The zero-order chi connectivity index (χ0) is 8.27. The van der Waals surface area contributed by atoms with Gasteiger partial charge in [0.05, 0.1) is 0 Å². The van der Waals surface area contributed by atoms with Gasteiger partial charge in [-0.15, -0.1) is 6.42 Å². The first-order valence-electron chi connectivity index (χ1n) is 2.99. The first-order chi connectivity index (χ1) is 5.27. The van der Waals surface area contributed by atoms with E-state index in [0.717, 1.165) is 6.07 Å². The van der Waals surface area contributed by atoms with Crippen molar-refractivity contribution in [2.45, 2.75) is 0 Å². The maximum absolute atomic E-state index is 12.4. The zero-order valence-corrected chi connectivity index (χ0v) is 5.67. The second kappa shape index (κ2) is 2.98. The number of carbonyl (C=O) groups is 1. The summed E-state index contributed by atoms with van der Waals surface area (Å²) in [7, 11) is 0. The van der Waals surface area contributed by atoms with Crippen LogP contribution in [0.25, 0.3) is 0 Å². The molecule has 0 bridgehead atoms. The third-order valence-corrected chi connectivity index (χ3v) is 1.30. The summed E-state index contributed by atoms with van der Waals surface area (Å²) in [4.78, 5) is 10.3. The molecule has 0 saturated carbocycles. The molecule has 1 rings (SSSR count). The first-order valence-corrected chi connectivity index (χ1v) is 2.99. The molecule has 0 aliphatic carbocycles. The van der Waals surface area contributed by atoms with Gasteiger partial charge in [0.15, 0.2) is 6.29 Å². The Morgan fingerprint density at radius 1 is 1.55 bits per heavy atom. The minimum Gasteiger partial charge on any atom is -0.298 e. The van der Waals surface area contributed by atoms with Crippen LogP contribution < -0.4 is 0 Å². The molecule has 0 fully saturated rings. The zero-order valence-electron chi connectivity index (χ0n) is 5.67. The number of carbonyl (C=O) groups excluding carboxylic acids is 1. The third kappa shape index (κ3) is 1.44. The Labute approximate surface area is 63.9 Å². The van der Waals surface area contributed by atoms with Crippen LogP contribution in [-0.2, 0) is 0 Å². The van der Waals surface area contributed by atoms with Gasteiger partial charge in [-0.3, -0.25) is 4.79 Å². The summed E-state index contributed by atoms with van der Waals surface area (Å²) < 4.78 is 12.4. The molecule has 0 aliphatic rings. The van der Waals surface area contributed by atoms with Crippen molar-refractivity contribution in [3.8, 4) is 12.3 Å². The quantitative estimate of drug-likeness (QED) is 0.437. The predicted molar refractivity (Wildman–Crippen MR) is 39.7 cm³/mol. The molecular weight excluding hydrogens is 143 g/mol. The molecule has 0 atom stereocenters. The Hall–Kier alpha value is -1.62. The van der Waals surface area contributed by atoms with Crippen LogP contribution in [0.4, 0.5) is 4.39 Å². The summed E-state index contributed by atoms with van der Waals surface area (Å²) in [6, 6.07) is 3.74. The number of rotatable bonds is 1. The molecule has 0 amide bonds. The van der Waals surface area contributed by atoms with Gasteiger partial charge in [-0.25, -0.2) is 4.39 Å². The lowest BCUT2D eigenvalue weighted by Gasteiger charge is -1.94. The van der Waals surface area contributed by atoms with Crippen molar-refractivity contribution in [2.24, 2.45) is 0 Å². The number of halogens is 1. The van der Waals surface area contributed by atoms with Gasteiger partial charge in [0.25, 0.3) is 0 Å². The van der Waals surface area contributed by atoms with Gasteiger partial charge in [-0.1, -0.05) is 5.92 Å². The lowest BCUT2D eigenvalue weighted by atomic mass is 10.1. The van der Waals surface area contributed by atoms with Crippen LogP contribution >= 0.6 is 0 Å². The molecule has 1 aromatic rings. The van der Waals surface area contributed by atoms with E-state index >= 15 is 0 Å². The van der Waals surface area contributed by atoms with Crippen molar-refractivity contribution in [3.05, 3.63) is 35.1 Å². The van der Waals surface area contributed by atoms with Crippen LogP contribution in [0.3, 0.4) is 0 Å². The van der Waals surface area contributed by atoms with Crippen molar-refractivity contribution in [1.82, 2.24) is 0 Å². The van der Waals surface area contributed by atoms with Crippen LogP contribution in [0.5, 0.6) is 0 Å². The monoisotopic (exact) mass is 148 g/mol.